The fourth-order valence-corrected chi connectivity index (χ4v) is 7.58. The number of para-hydroxylation sites is 1. The number of nitrogens with zero attached hydrogens (tertiary/aromatic N) is 1. The van der Waals surface area contributed by atoms with E-state index in [1.54, 1.807) is 6.07 Å². The molecular weight excluding hydrogens is 426 g/mol. The van der Waals surface area contributed by atoms with Crippen molar-refractivity contribution in [3.8, 4) is 11.5 Å². The van der Waals surface area contributed by atoms with Gasteiger partial charge in [0.1, 0.15) is 11.3 Å². The summed E-state index contributed by atoms with van der Waals surface area (Å²) in [6.07, 6.45) is 1.55. The van der Waals surface area contributed by atoms with E-state index in [0.29, 0.717) is 12.2 Å². The Morgan fingerprint density at radius 1 is 1.00 bits per heavy atom. The molecule has 2 bridgehead atoms. The Morgan fingerprint density at radius 2 is 1.82 bits per heavy atom. The first kappa shape index (κ1) is 19.1. The number of hydrogen-bond donors (Lipinski definition) is 2. The average molecular weight is 452 g/mol. The Bertz CT molecular complexity index is 1480. The second-order valence-corrected chi connectivity index (χ2v) is 10.4. The molecule has 1 fully saturated rings. The number of fused-ring (bicyclic) bond motifs is 4. The van der Waals surface area contributed by atoms with Gasteiger partial charge >= 0.3 is 0 Å². The van der Waals surface area contributed by atoms with Crippen molar-refractivity contribution in [1.29, 1.82) is 0 Å². The number of benzene rings is 3. The van der Waals surface area contributed by atoms with E-state index in [2.05, 4.69) is 35.2 Å². The van der Waals surface area contributed by atoms with Crippen LogP contribution in [0.4, 0.5) is 0 Å². The zero-order valence-corrected chi connectivity index (χ0v) is 18.7. The highest BCUT2D eigenvalue weighted by molar-refractivity contribution is 5.84. The van der Waals surface area contributed by atoms with E-state index in [-0.39, 0.29) is 11.8 Å². The van der Waals surface area contributed by atoms with Crippen molar-refractivity contribution < 1.29 is 19.4 Å². The summed E-state index contributed by atoms with van der Waals surface area (Å²) in [6, 6.07) is 22.3. The standard InChI is InChI=1S/C29H25NO4/c31-21-11-10-18-14-23-29(32)15-20-19-8-4-5-9-22(19)33-25(20)27-28(29,24(18)26(21)34-27)12-13-30(23)16-17-6-2-1-3-7-17/h1-11,23,27,31-32H,12-16H2/t23-,27+,28+,29-/m1/s1. The van der Waals surface area contributed by atoms with Gasteiger partial charge in [-0.25, -0.2) is 0 Å². The fourth-order valence-electron chi connectivity index (χ4n) is 7.58. The molecule has 4 atom stereocenters. The van der Waals surface area contributed by atoms with Gasteiger partial charge in [-0.05, 0) is 36.1 Å². The topological polar surface area (TPSA) is 66.1 Å². The number of aromatic hydroxyl groups is 1. The molecule has 2 aliphatic carbocycles. The van der Waals surface area contributed by atoms with Crippen LogP contribution in [0, 0.1) is 0 Å². The molecule has 1 aromatic heterocycles. The van der Waals surface area contributed by atoms with Crippen LogP contribution in [0.25, 0.3) is 11.0 Å². The molecule has 8 rings (SSSR count). The summed E-state index contributed by atoms with van der Waals surface area (Å²) >= 11 is 0. The van der Waals surface area contributed by atoms with Gasteiger partial charge in [0.25, 0.3) is 0 Å². The number of aliphatic hydroxyl groups is 1. The van der Waals surface area contributed by atoms with E-state index < -0.39 is 17.1 Å². The van der Waals surface area contributed by atoms with Gasteiger partial charge in [-0.3, -0.25) is 4.90 Å². The molecule has 0 unspecified atom stereocenters. The van der Waals surface area contributed by atoms with Crippen molar-refractivity contribution in [2.24, 2.45) is 0 Å². The number of piperidine rings is 1. The first-order chi connectivity index (χ1) is 16.6. The zero-order chi connectivity index (χ0) is 22.7. The van der Waals surface area contributed by atoms with Crippen molar-refractivity contribution >= 4 is 11.0 Å². The Hall–Kier alpha value is -3.28. The van der Waals surface area contributed by atoms with E-state index in [0.717, 1.165) is 53.8 Å². The van der Waals surface area contributed by atoms with Crippen LogP contribution < -0.4 is 4.74 Å². The summed E-state index contributed by atoms with van der Waals surface area (Å²) in [6.45, 7) is 1.65. The minimum Gasteiger partial charge on any atom is -0.504 e. The van der Waals surface area contributed by atoms with Crippen molar-refractivity contribution in [3.63, 3.8) is 0 Å². The first-order valence-corrected chi connectivity index (χ1v) is 12.1. The Balaban J connectivity index is 1.37. The molecule has 5 nitrogen and oxygen atoms in total. The van der Waals surface area contributed by atoms with E-state index in [1.807, 2.05) is 30.3 Å². The molecule has 34 heavy (non-hydrogen) atoms. The third-order valence-corrected chi connectivity index (χ3v) is 8.97. The summed E-state index contributed by atoms with van der Waals surface area (Å²) in [5.41, 5.74) is 3.63. The zero-order valence-electron chi connectivity index (χ0n) is 18.7. The highest BCUT2D eigenvalue weighted by atomic mass is 16.5. The van der Waals surface area contributed by atoms with Gasteiger partial charge in [-0.1, -0.05) is 54.6 Å². The molecule has 4 aliphatic rings. The maximum atomic E-state index is 12.8. The highest BCUT2D eigenvalue weighted by Gasteiger charge is 2.73. The molecule has 0 saturated carbocycles. The molecule has 5 heteroatoms. The predicted octanol–water partition coefficient (Wildman–Crippen LogP) is 4.63. The lowest BCUT2D eigenvalue weighted by Gasteiger charge is -2.62. The lowest BCUT2D eigenvalue weighted by Crippen LogP contribution is -2.74. The predicted molar refractivity (Wildman–Crippen MR) is 127 cm³/mol. The summed E-state index contributed by atoms with van der Waals surface area (Å²) < 4.78 is 13.0. The summed E-state index contributed by atoms with van der Waals surface area (Å²) in [5, 5.41) is 24.7. The van der Waals surface area contributed by atoms with Crippen molar-refractivity contribution in [1.82, 2.24) is 4.90 Å². The molecule has 0 radical (unpaired) electrons. The minimum atomic E-state index is -1.03. The van der Waals surface area contributed by atoms with Crippen LogP contribution in [-0.4, -0.2) is 33.3 Å². The number of likely N-dealkylation sites (tertiary alicyclic amines) is 1. The van der Waals surface area contributed by atoms with E-state index in [1.165, 1.54) is 11.1 Å². The van der Waals surface area contributed by atoms with Crippen LogP contribution in [0.3, 0.4) is 0 Å². The second kappa shape index (κ2) is 6.23. The van der Waals surface area contributed by atoms with Gasteiger partial charge in [0.2, 0.25) is 0 Å². The Morgan fingerprint density at radius 3 is 2.71 bits per heavy atom. The number of ether oxygens (including phenoxy) is 1. The van der Waals surface area contributed by atoms with Crippen LogP contribution >= 0.6 is 0 Å². The summed E-state index contributed by atoms with van der Waals surface area (Å²) in [7, 11) is 0. The van der Waals surface area contributed by atoms with Crippen LogP contribution in [0.2, 0.25) is 0 Å². The van der Waals surface area contributed by atoms with Gasteiger partial charge in [-0.2, -0.15) is 0 Å². The number of furan rings is 1. The fraction of sp³-hybridized carbons (Fsp3) is 0.310. The van der Waals surface area contributed by atoms with Crippen LogP contribution in [-0.2, 0) is 24.8 Å². The third-order valence-electron chi connectivity index (χ3n) is 8.97. The molecule has 2 N–H and O–H groups in total. The smallest absolute Gasteiger partial charge is 0.169 e. The Labute approximate surface area is 197 Å². The molecule has 4 aromatic rings. The number of rotatable bonds is 2. The molecule has 1 saturated heterocycles. The number of hydrogen-bond acceptors (Lipinski definition) is 5. The third kappa shape index (κ3) is 2.09. The second-order valence-electron chi connectivity index (χ2n) is 10.4. The quantitative estimate of drug-likeness (QED) is 0.465. The van der Waals surface area contributed by atoms with Crippen molar-refractivity contribution in [2.45, 2.75) is 49.0 Å². The molecule has 170 valence electrons. The molecule has 3 heterocycles. The van der Waals surface area contributed by atoms with Gasteiger partial charge in [0.05, 0.1) is 11.0 Å². The van der Waals surface area contributed by atoms with Crippen LogP contribution in [0.5, 0.6) is 11.5 Å². The monoisotopic (exact) mass is 451 g/mol. The summed E-state index contributed by atoms with van der Waals surface area (Å²) in [4.78, 5) is 2.46. The largest absolute Gasteiger partial charge is 0.504 e. The lowest BCUT2D eigenvalue weighted by atomic mass is 9.49. The minimum absolute atomic E-state index is 0.0580. The van der Waals surface area contributed by atoms with Gasteiger partial charge in [-0.15, -0.1) is 0 Å². The SMILES string of the molecule is Oc1ccc2c3c1O[C@H]1c4oc5ccccc5c4C[C@@]4(O)[C@@H](C2)N(Cc2ccccc2)CC[C@]314. The van der Waals surface area contributed by atoms with E-state index >= 15 is 0 Å². The number of phenols is 1. The molecular formula is C29H25NO4. The molecule has 3 aromatic carbocycles. The van der Waals surface area contributed by atoms with Crippen LogP contribution in [0.1, 0.15) is 40.5 Å². The van der Waals surface area contributed by atoms with Crippen molar-refractivity contribution in [2.75, 3.05) is 6.54 Å². The first-order valence-electron chi connectivity index (χ1n) is 12.1. The van der Waals surface area contributed by atoms with E-state index in [4.69, 9.17) is 9.15 Å². The summed E-state index contributed by atoms with van der Waals surface area (Å²) in [5.74, 6) is 1.49. The maximum absolute atomic E-state index is 12.8. The lowest BCUT2D eigenvalue weighted by molar-refractivity contribution is -0.177. The average Bonchev–Trinajstić information content (AvgIpc) is 3.38. The highest BCUT2D eigenvalue weighted by Crippen LogP contribution is 2.69. The van der Waals surface area contributed by atoms with Gasteiger partial charge < -0.3 is 19.4 Å². The molecule has 2 aliphatic heterocycles. The van der Waals surface area contributed by atoms with Gasteiger partial charge in [0, 0.05) is 42.1 Å². The molecule has 0 amide bonds. The van der Waals surface area contributed by atoms with Crippen LogP contribution in [0.15, 0.2) is 71.1 Å². The van der Waals surface area contributed by atoms with E-state index in [9.17, 15) is 10.2 Å². The number of phenolic OH excluding ortho intramolecular Hbond substituents is 1. The maximum Gasteiger partial charge on any atom is 0.169 e. The normalized spacial score (nSPS) is 30.6. The van der Waals surface area contributed by atoms with Crippen molar-refractivity contribution in [3.05, 3.63) is 94.7 Å². The Kier molecular flexibility index (Phi) is 3.50. The molecule has 1 spiro atoms. The van der Waals surface area contributed by atoms with Gasteiger partial charge in [0.15, 0.2) is 17.6 Å².